The third-order valence-electron chi connectivity index (χ3n) is 4.20. The summed E-state index contributed by atoms with van der Waals surface area (Å²) in [5, 5.41) is 11.7. The van der Waals surface area contributed by atoms with E-state index in [2.05, 4.69) is 36.4 Å². The van der Waals surface area contributed by atoms with Crippen molar-refractivity contribution in [2.45, 2.75) is 22.9 Å². The summed E-state index contributed by atoms with van der Waals surface area (Å²) >= 11 is 8.04. The van der Waals surface area contributed by atoms with E-state index < -0.39 is 0 Å². The highest BCUT2D eigenvalue weighted by molar-refractivity contribution is 9.10. The molecular weight excluding hydrogens is 488 g/mol. The number of thioether (sulfide) groups is 2. The van der Waals surface area contributed by atoms with E-state index in [0.717, 1.165) is 30.3 Å². The van der Waals surface area contributed by atoms with Gasteiger partial charge in [-0.2, -0.15) is 5.10 Å². The number of carbonyl (C=O) groups is 1. The van der Waals surface area contributed by atoms with Crippen LogP contribution < -0.4 is 5.32 Å². The van der Waals surface area contributed by atoms with Gasteiger partial charge in [-0.05, 0) is 36.2 Å². The molecule has 0 aliphatic carbocycles. The first-order valence-corrected chi connectivity index (χ1v) is 12.5. The zero-order valence-electron chi connectivity index (χ0n) is 15.5. The largest absolute Gasteiger partial charge is 0.303 e. The van der Waals surface area contributed by atoms with Gasteiger partial charge >= 0.3 is 0 Å². The quantitative estimate of drug-likeness (QED) is 0.462. The molecule has 1 aromatic heterocycles. The van der Waals surface area contributed by atoms with Gasteiger partial charge in [0.2, 0.25) is 5.91 Å². The minimum absolute atomic E-state index is 0.0645. The summed E-state index contributed by atoms with van der Waals surface area (Å²) < 4.78 is 3.06. The summed E-state index contributed by atoms with van der Waals surface area (Å²) in [4.78, 5) is 17.4. The van der Waals surface area contributed by atoms with E-state index in [4.69, 9.17) is 0 Å². The molecule has 148 valence electrons. The van der Waals surface area contributed by atoms with Gasteiger partial charge in [0.15, 0.2) is 9.51 Å². The van der Waals surface area contributed by atoms with E-state index in [9.17, 15) is 4.79 Å². The monoisotopic (exact) mass is 504 g/mol. The summed E-state index contributed by atoms with van der Waals surface area (Å²) in [6.45, 7) is 2.00. The Labute approximate surface area is 189 Å². The van der Waals surface area contributed by atoms with E-state index >= 15 is 0 Å². The SMILES string of the molecule is CC[C@H](Sc1nc2ccccc2s1)C(=O)NC1=NN=C(c2ccc(Br)cc2)CS1. The number of carbonyl (C=O) groups excluding carboxylic acids is 1. The molecule has 0 unspecified atom stereocenters. The molecule has 0 saturated carbocycles. The van der Waals surface area contributed by atoms with E-state index in [1.165, 1.54) is 23.5 Å². The number of para-hydroxylation sites is 1. The Morgan fingerprint density at radius 2 is 2.00 bits per heavy atom. The maximum absolute atomic E-state index is 12.7. The highest BCUT2D eigenvalue weighted by Crippen LogP contribution is 2.33. The number of aromatic nitrogens is 1. The second-order valence-corrected chi connectivity index (χ2v) is 10.6. The number of hydrogen-bond acceptors (Lipinski definition) is 7. The first-order valence-electron chi connectivity index (χ1n) is 8.98. The third-order valence-corrected chi connectivity index (χ3v) is 8.09. The van der Waals surface area contributed by atoms with Crippen LogP contribution in [0.3, 0.4) is 0 Å². The number of nitrogens with zero attached hydrogens (tertiary/aromatic N) is 3. The molecule has 1 aliphatic heterocycles. The van der Waals surface area contributed by atoms with Crippen LogP contribution in [-0.2, 0) is 4.79 Å². The lowest BCUT2D eigenvalue weighted by molar-refractivity contribution is -0.119. The number of nitrogens with one attached hydrogen (secondary N) is 1. The van der Waals surface area contributed by atoms with Gasteiger partial charge in [-0.25, -0.2) is 4.98 Å². The van der Waals surface area contributed by atoms with Crippen molar-refractivity contribution < 1.29 is 4.79 Å². The number of hydrogen-bond donors (Lipinski definition) is 1. The number of rotatable bonds is 5. The van der Waals surface area contributed by atoms with Gasteiger partial charge in [-0.3, -0.25) is 4.79 Å². The second-order valence-electron chi connectivity index (χ2n) is 6.20. The van der Waals surface area contributed by atoms with E-state index in [1.807, 2.05) is 55.5 Å². The van der Waals surface area contributed by atoms with Crippen molar-refractivity contribution in [3.63, 3.8) is 0 Å². The Bertz CT molecular complexity index is 1060. The third kappa shape index (κ3) is 5.09. The van der Waals surface area contributed by atoms with Crippen LogP contribution in [0.25, 0.3) is 10.2 Å². The van der Waals surface area contributed by atoms with Gasteiger partial charge in [0.1, 0.15) is 0 Å². The Morgan fingerprint density at radius 1 is 1.21 bits per heavy atom. The Hall–Kier alpha value is -1.68. The van der Waals surface area contributed by atoms with Crippen LogP contribution in [0.4, 0.5) is 0 Å². The Balaban J connectivity index is 1.41. The van der Waals surface area contributed by atoms with Crippen molar-refractivity contribution in [1.29, 1.82) is 0 Å². The first kappa shape index (κ1) is 20.6. The first-order chi connectivity index (χ1) is 14.1. The second kappa shape index (κ2) is 9.42. The molecular formula is C20H17BrN4OS3. The van der Waals surface area contributed by atoms with Crippen LogP contribution in [0.15, 0.2) is 67.5 Å². The lowest BCUT2D eigenvalue weighted by Gasteiger charge is -2.16. The smallest absolute Gasteiger partial charge is 0.239 e. The number of thiazole rings is 1. The summed E-state index contributed by atoms with van der Waals surface area (Å²) in [5.41, 5.74) is 2.90. The van der Waals surface area contributed by atoms with Crippen molar-refractivity contribution in [1.82, 2.24) is 10.3 Å². The Morgan fingerprint density at radius 3 is 2.69 bits per heavy atom. The maximum Gasteiger partial charge on any atom is 0.239 e. The summed E-state index contributed by atoms with van der Waals surface area (Å²) in [7, 11) is 0. The topological polar surface area (TPSA) is 66.7 Å². The predicted octanol–water partition coefficient (Wildman–Crippen LogP) is 5.55. The zero-order chi connectivity index (χ0) is 20.2. The molecule has 29 heavy (non-hydrogen) atoms. The Kier molecular flexibility index (Phi) is 6.69. The van der Waals surface area contributed by atoms with Gasteiger partial charge in [-0.15, -0.1) is 16.4 Å². The van der Waals surface area contributed by atoms with Gasteiger partial charge in [0.05, 0.1) is 21.2 Å². The molecule has 1 aliphatic rings. The van der Waals surface area contributed by atoms with Crippen molar-refractivity contribution in [2.24, 2.45) is 10.2 Å². The summed E-state index contributed by atoms with van der Waals surface area (Å²) in [6, 6.07) is 16.0. The zero-order valence-corrected chi connectivity index (χ0v) is 19.5. The fourth-order valence-electron chi connectivity index (χ4n) is 2.68. The summed E-state index contributed by atoms with van der Waals surface area (Å²) in [6.07, 6.45) is 0.706. The standard InChI is InChI=1S/C20H17BrN4OS3/c1-2-16(28-20-22-14-5-3-4-6-17(14)29-20)18(26)23-19-25-24-15(11-27-19)12-7-9-13(21)10-8-12/h3-10,16H,2,11H2,1H3,(H,23,25,26)/t16-/m0/s1. The number of benzene rings is 2. The highest BCUT2D eigenvalue weighted by atomic mass is 79.9. The van der Waals surface area contributed by atoms with Crippen molar-refractivity contribution >= 4 is 77.8 Å². The molecule has 9 heteroatoms. The molecule has 0 bridgehead atoms. The number of halogens is 1. The normalized spacial score (nSPS) is 15.0. The molecule has 1 N–H and O–H groups in total. The van der Waals surface area contributed by atoms with Gasteiger partial charge < -0.3 is 5.32 Å². The molecule has 0 spiro atoms. The molecule has 2 aromatic carbocycles. The summed E-state index contributed by atoms with van der Waals surface area (Å²) in [5.74, 6) is 0.605. The highest BCUT2D eigenvalue weighted by Gasteiger charge is 2.23. The minimum Gasteiger partial charge on any atom is -0.303 e. The van der Waals surface area contributed by atoms with Crippen LogP contribution in [-0.4, -0.2) is 32.8 Å². The van der Waals surface area contributed by atoms with Gasteiger partial charge in [0.25, 0.3) is 0 Å². The van der Waals surface area contributed by atoms with Crippen molar-refractivity contribution in [3.8, 4) is 0 Å². The van der Waals surface area contributed by atoms with Crippen LogP contribution in [0.5, 0.6) is 0 Å². The number of amidine groups is 1. The minimum atomic E-state index is -0.226. The number of amides is 1. The molecule has 4 rings (SSSR count). The number of fused-ring (bicyclic) bond motifs is 1. The molecule has 0 fully saturated rings. The average Bonchev–Trinajstić information content (AvgIpc) is 3.16. The van der Waals surface area contributed by atoms with E-state index in [-0.39, 0.29) is 11.2 Å². The lowest BCUT2D eigenvalue weighted by Crippen LogP contribution is -2.36. The molecule has 1 amide bonds. The molecule has 5 nitrogen and oxygen atoms in total. The van der Waals surface area contributed by atoms with Crippen LogP contribution in [0.1, 0.15) is 18.9 Å². The van der Waals surface area contributed by atoms with Gasteiger partial charge in [-0.1, -0.05) is 70.6 Å². The fraction of sp³-hybridized carbons (Fsp3) is 0.200. The molecule has 0 saturated heterocycles. The molecule has 2 heterocycles. The van der Waals surface area contributed by atoms with Crippen LogP contribution in [0, 0.1) is 0 Å². The van der Waals surface area contributed by atoms with Crippen molar-refractivity contribution in [3.05, 3.63) is 58.6 Å². The maximum atomic E-state index is 12.7. The lowest BCUT2D eigenvalue weighted by atomic mass is 10.1. The van der Waals surface area contributed by atoms with Crippen LogP contribution in [0.2, 0.25) is 0 Å². The van der Waals surface area contributed by atoms with E-state index in [1.54, 1.807) is 11.3 Å². The molecule has 0 radical (unpaired) electrons. The van der Waals surface area contributed by atoms with Crippen molar-refractivity contribution in [2.75, 3.05) is 5.75 Å². The average molecular weight is 505 g/mol. The van der Waals surface area contributed by atoms with Gasteiger partial charge in [0, 0.05) is 10.2 Å². The predicted molar refractivity (Wildman–Crippen MR) is 128 cm³/mol. The molecule has 1 atom stereocenters. The fourth-order valence-corrected chi connectivity index (χ4v) is 5.94. The molecule has 3 aromatic rings. The van der Waals surface area contributed by atoms with Crippen LogP contribution >= 0.6 is 50.8 Å². The van der Waals surface area contributed by atoms with E-state index in [0.29, 0.717) is 17.3 Å².